The van der Waals surface area contributed by atoms with Crippen LogP contribution in [0.25, 0.3) is 0 Å². The van der Waals surface area contributed by atoms with Crippen molar-refractivity contribution >= 4 is 0 Å². The summed E-state index contributed by atoms with van der Waals surface area (Å²) in [5, 5.41) is 45.6. The molecule has 1 heterocycles. The lowest BCUT2D eigenvalue weighted by Gasteiger charge is -2.39. The molecule has 0 spiro atoms. The zero-order valence-electron chi connectivity index (χ0n) is 7.11. The Bertz CT molecular complexity index is 172. The van der Waals surface area contributed by atoms with Crippen LogP contribution < -0.4 is 0 Å². The predicted octanol–water partition coefficient (Wildman–Crippen LogP) is -2.83. The molecule has 1 aliphatic heterocycles. The van der Waals surface area contributed by atoms with Gasteiger partial charge in [0.25, 0.3) is 0 Å². The van der Waals surface area contributed by atoms with E-state index >= 15 is 0 Å². The Kier molecular flexibility index (Phi) is 3.23. The molecule has 0 aromatic rings. The summed E-state index contributed by atoms with van der Waals surface area (Å²) < 4.78 is 4.69. The third kappa shape index (κ3) is 1.98. The van der Waals surface area contributed by atoms with Crippen molar-refractivity contribution in [1.29, 1.82) is 0 Å². The molecule has 1 saturated heterocycles. The van der Waals surface area contributed by atoms with Gasteiger partial charge in [-0.25, -0.2) is 0 Å². The van der Waals surface area contributed by atoms with Crippen LogP contribution >= 0.6 is 0 Å². The summed E-state index contributed by atoms with van der Waals surface area (Å²) in [6.07, 6.45) is -8.18. The summed E-state index contributed by atoms with van der Waals surface area (Å²) in [6.45, 7) is 1.35. The average molecular weight is 194 g/mol. The SMILES string of the molecule is C[C@@H](O)[C@@H]1O[C@@H](O)[C@@H](O)[C@H](O)[C@@H]1O. The minimum absolute atomic E-state index is 1.04. The van der Waals surface area contributed by atoms with Crippen molar-refractivity contribution in [3.8, 4) is 0 Å². The highest BCUT2D eigenvalue weighted by Gasteiger charge is 2.44. The van der Waals surface area contributed by atoms with Gasteiger partial charge in [-0.1, -0.05) is 0 Å². The molecule has 1 fully saturated rings. The summed E-state index contributed by atoms with van der Waals surface area (Å²) in [5.74, 6) is 0. The van der Waals surface area contributed by atoms with E-state index in [4.69, 9.17) is 15.3 Å². The van der Waals surface area contributed by atoms with Crippen LogP contribution in [-0.4, -0.2) is 62.3 Å². The molecule has 5 N–H and O–H groups in total. The molecule has 0 aliphatic carbocycles. The van der Waals surface area contributed by atoms with E-state index < -0.39 is 36.8 Å². The monoisotopic (exact) mass is 194 g/mol. The summed E-state index contributed by atoms with van der Waals surface area (Å²) in [6, 6.07) is 0. The Morgan fingerprint density at radius 1 is 1.00 bits per heavy atom. The van der Waals surface area contributed by atoms with Crippen LogP contribution in [0.5, 0.6) is 0 Å². The van der Waals surface area contributed by atoms with Gasteiger partial charge in [-0.05, 0) is 6.92 Å². The Hall–Kier alpha value is -0.240. The summed E-state index contributed by atoms with van der Waals surface area (Å²) in [5.41, 5.74) is 0. The maximum Gasteiger partial charge on any atom is 0.184 e. The van der Waals surface area contributed by atoms with E-state index in [0.29, 0.717) is 0 Å². The van der Waals surface area contributed by atoms with Crippen LogP contribution in [0.4, 0.5) is 0 Å². The van der Waals surface area contributed by atoms with Crippen LogP contribution in [0.1, 0.15) is 6.92 Å². The molecule has 1 rings (SSSR count). The van der Waals surface area contributed by atoms with Crippen LogP contribution in [0.2, 0.25) is 0 Å². The second-order valence-electron chi connectivity index (χ2n) is 3.20. The van der Waals surface area contributed by atoms with E-state index in [2.05, 4.69) is 4.74 Å². The molecule has 0 saturated carbocycles. The summed E-state index contributed by atoms with van der Waals surface area (Å²) >= 11 is 0. The highest BCUT2D eigenvalue weighted by Crippen LogP contribution is 2.21. The van der Waals surface area contributed by atoms with Crippen LogP contribution in [-0.2, 0) is 4.74 Å². The fraction of sp³-hybridized carbons (Fsp3) is 1.00. The molecule has 13 heavy (non-hydrogen) atoms. The lowest BCUT2D eigenvalue weighted by atomic mass is 9.96. The topological polar surface area (TPSA) is 110 Å². The second kappa shape index (κ2) is 3.87. The predicted molar refractivity (Wildman–Crippen MR) is 40.6 cm³/mol. The van der Waals surface area contributed by atoms with E-state index in [1.54, 1.807) is 0 Å². The van der Waals surface area contributed by atoms with Crippen molar-refractivity contribution in [2.24, 2.45) is 0 Å². The summed E-state index contributed by atoms with van der Waals surface area (Å²) in [4.78, 5) is 0. The largest absolute Gasteiger partial charge is 0.391 e. The molecular formula is C7H14O6. The van der Waals surface area contributed by atoms with Gasteiger partial charge in [0, 0.05) is 0 Å². The van der Waals surface area contributed by atoms with Crippen molar-refractivity contribution in [3.05, 3.63) is 0 Å². The number of hydrogen-bond acceptors (Lipinski definition) is 6. The second-order valence-corrected chi connectivity index (χ2v) is 3.20. The highest BCUT2D eigenvalue weighted by molar-refractivity contribution is 4.90. The quantitative estimate of drug-likeness (QED) is 0.308. The van der Waals surface area contributed by atoms with Gasteiger partial charge in [-0.15, -0.1) is 0 Å². The Morgan fingerprint density at radius 2 is 1.54 bits per heavy atom. The average Bonchev–Trinajstić information content (AvgIpc) is 2.07. The van der Waals surface area contributed by atoms with Crippen molar-refractivity contribution in [2.75, 3.05) is 0 Å². The van der Waals surface area contributed by atoms with Crippen LogP contribution in [0, 0.1) is 0 Å². The Labute approximate surface area is 75.0 Å². The van der Waals surface area contributed by atoms with Gasteiger partial charge in [-0.3, -0.25) is 0 Å². The fourth-order valence-electron chi connectivity index (χ4n) is 1.29. The van der Waals surface area contributed by atoms with E-state index in [9.17, 15) is 10.2 Å². The van der Waals surface area contributed by atoms with Gasteiger partial charge in [0.15, 0.2) is 6.29 Å². The van der Waals surface area contributed by atoms with Crippen molar-refractivity contribution in [3.63, 3.8) is 0 Å². The van der Waals surface area contributed by atoms with Gasteiger partial charge in [0.1, 0.15) is 24.4 Å². The molecule has 0 bridgehead atoms. The number of hydrogen-bond donors (Lipinski definition) is 5. The van der Waals surface area contributed by atoms with Crippen molar-refractivity contribution < 1.29 is 30.3 Å². The third-order valence-corrected chi connectivity index (χ3v) is 2.10. The number of aliphatic hydroxyl groups is 5. The zero-order chi connectivity index (χ0) is 10.2. The number of rotatable bonds is 1. The summed E-state index contributed by atoms with van der Waals surface area (Å²) in [7, 11) is 0. The molecule has 0 aromatic heterocycles. The van der Waals surface area contributed by atoms with Gasteiger partial charge >= 0.3 is 0 Å². The van der Waals surface area contributed by atoms with Crippen molar-refractivity contribution in [2.45, 2.75) is 43.7 Å². The third-order valence-electron chi connectivity index (χ3n) is 2.10. The first kappa shape index (κ1) is 10.8. The first-order chi connectivity index (χ1) is 5.95. The van der Waals surface area contributed by atoms with E-state index in [0.717, 1.165) is 0 Å². The van der Waals surface area contributed by atoms with Gasteiger partial charge in [0.2, 0.25) is 0 Å². The maximum atomic E-state index is 9.29. The number of ether oxygens (including phenoxy) is 1. The molecule has 6 heteroatoms. The first-order valence-corrected chi connectivity index (χ1v) is 4.01. The molecule has 0 radical (unpaired) electrons. The Balaban J connectivity index is 2.70. The minimum Gasteiger partial charge on any atom is -0.391 e. The van der Waals surface area contributed by atoms with E-state index in [1.807, 2.05) is 0 Å². The molecule has 6 atom stereocenters. The van der Waals surface area contributed by atoms with Crippen molar-refractivity contribution in [1.82, 2.24) is 0 Å². The lowest BCUT2D eigenvalue weighted by Crippen LogP contribution is -2.60. The molecule has 0 unspecified atom stereocenters. The zero-order valence-corrected chi connectivity index (χ0v) is 7.11. The standard InChI is InChI=1S/C7H14O6/c1-2(8)6-4(10)3(9)5(11)7(12)13-6/h2-12H,1H3/t2-,3-,4+,5+,6+,7-/m1/s1. The molecule has 0 aromatic carbocycles. The Morgan fingerprint density at radius 3 is 2.00 bits per heavy atom. The normalized spacial score (nSPS) is 48.9. The fourth-order valence-corrected chi connectivity index (χ4v) is 1.29. The smallest absolute Gasteiger partial charge is 0.184 e. The van der Waals surface area contributed by atoms with Gasteiger partial charge in [-0.2, -0.15) is 0 Å². The minimum atomic E-state index is -1.59. The molecule has 6 nitrogen and oxygen atoms in total. The molecular weight excluding hydrogens is 180 g/mol. The lowest BCUT2D eigenvalue weighted by molar-refractivity contribution is -0.295. The first-order valence-electron chi connectivity index (χ1n) is 4.01. The van der Waals surface area contributed by atoms with Gasteiger partial charge < -0.3 is 30.3 Å². The maximum absolute atomic E-state index is 9.29. The number of aliphatic hydroxyl groups excluding tert-OH is 5. The molecule has 0 amide bonds. The van der Waals surface area contributed by atoms with Crippen LogP contribution in [0.15, 0.2) is 0 Å². The highest BCUT2D eigenvalue weighted by atomic mass is 16.6. The molecule has 78 valence electrons. The van der Waals surface area contributed by atoms with Crippen LogP contribution in [0.3, 0.4) is 0 Å². The van der Waals surface area contributed by atoms with Gasteiger partial charge in [0.05, 0.1) is 6.10 Å². The molecule has 1 aliphatic rings. The van der Waals surface area contributed by atoms with E-state index in [1.165, 1.54) is 6.92 Å². The van der Waals surface area contributed by atoms with E-state index in [-0.39, 0.29) is 0 Å².